The summed E-state index contributed by atoms with van der Waals surface area (Å²) < 4.78 is 18.0. The molecule has 3 heterocycles. The zero-order chi connectivity index (χ0) is 29.6. The molecule has 0 unspecified atom stereocenters. The van der Waals surface area contributed by atoms with Crippen LogP contribution in [0.15, 0.2) is 33.5 Å². The molecule has 0 bridgehead atoms. The number of methoxy groups -OCH3 is 1. The number of pyridine rings is 1. The van der Waals surface area contributed by atoms with Gasteiger partial charge in [0.15, 0.2) is 0 Å². The number of oxazole rings is 1. The summed E-state index contributed by atoms with van der Waals surface area (Å²) in [4.78, 5) is 45.2. The van der Waals surface area contributed by atoms with Crippen LogP contribution in [0.3, 0.4) is 0 Å². The number of ether oxygens (including phenoxy) is 2. The summed E-state index contributed by atoms with van der Waals surface area (Å²) in [5.74, 6) is -0.252. The van der Waals surface area contributed by atoms with Crippen LogP contribution in [0.1, 0.15) is 58.4 Å². The third-order valence-electron chi connectivity index (χ3n) is 6.96. The van der Waals surface area contributed by atoms with Crippen LogP contribution in [-0.2, 0) is 26.3 Å². The van der Waals surface area contributed by atoms with Crippen LogP contribution in [0, 0.1) is 6.92 Å². The van der Waals surface area contributed by atoms with Gasteiger partial charge in [-0.05, 0) is 66.2 Å². The van der Waals surface area contributed by atoms with Crippen molar-refractivity contribution in [2.24, 2.45) is 0 Å². The minimum atomic E-state index is -1.01. The Kier molecular flexibility index (Phi) is 7.72. The largest absolute Gasteiger partial charge is 0.469 e. The zero-order valence-electron chi connectivity index (χ0n) is 24.4. The molecule has 1 N–H and O–H groups in total. The average Bonchev–Trinajstić information content (AvgIpc) is 3.31. The molecule has 1 fully saturated rings. The van der Waals surface area contributed by atoms with E-state index in [4.69, 9.17) is 13.9 Å². The first kappa shape index (κ1) is 29.1. The van der Waals surface area contributed by atoms with Crippen LogP contribution >= 0.6 is 0 Å². The third-order valence-corrected chi connectivity index (χ3v) is 6.96. The van der Waals surface area contributed by atoms with E-state index in [9.17, 15) is 19.5 Å². The maximum Gasteiger partial charge on any atom is 0.410 e. The van der Waals surface area contributed by atoms with Crippen LogP contribution < -0.4 is 10.6 Å². The van der Waals surface area contributed by atoms with Crippen molar-refractivity contribution in [3.63, 3.8) is 0 Å². The number of rotatable bonds is 5. The van der Waals surface area contributed by atoms with Gasteiger partial charge in [0.2, 0.25) is 11.5 Å². The fourth-order valence-corrected chi connectivity index (χ4v) is 4.84. The van der Waals surface area contributed by atoms with Gasteiger partial charge in [-0.3, -0.25) is 9.59 Å². The fourth-order valence-electron chi connectivity index (χ4n) is 4.84. The minimum Gasteiger partial charge on any atom is -0.469 e. The molecule has 0 spiro atoms. The first-order valence-electron chi connectivity index (χ1n) is 13.3. The molecule has 1 aromatic carbocycles. The van der Waals surface area contributed by atoms with Crippen molar-refractivity contribution in [3.05, 3.63) is 51.4 Å². The molecule has 2 aromatic heterocycles. The van der Waals surface area contributed by atoms with E-state index >= 15 is 0 Å². The number of aromatic nitrogens is 2. The zero-order valence-corrected chi connectivity index (χ0v) is 24.4. The Balaban J connectivity index is 1.76. The highest BCUT2D eigenvalue weighted by atomic mass is 16.6. The number of esters is 1. The number of carbonyl (C=O) groups excluding carboxylic acids is 2. The van der Waals surface area contributed by atoms with Crippen LogP contribution in [0.5, 0.6) is 0 Å². The number of aliphatic hydroxyl groups is 1. The van der Waals surface area contributed by atoms with Crippen molar-refractivity contribution in [2.75, 3.05) is 31.8 Å². The van der Waals surface area contributed by atoms with Gasteiger partial charge >= 0.3 is 17.6 Å². The second kappa shape index (κ2) is 10.6. The summed E-state index contributed by atoms with van der Waals surface area (Å²) in [5.41, 5.74) is 0.680. The first-order chi connectivity index (χ1) is 18.6. The normalized spacial score (nSPS) is 16.4. The van der Waals surface area contributed by atoms with E-state index in [1.807, 2.05) is 32.7 Å². The van der Waals surface area contributed by atoms with E-state index in [1.165, 1.54) is 11.8 Å². The molecule has 3 aromatic rings. The van der Waals surface area contributed by atoms with E-state index in [0.717, 1.165) is 5.56 Å². The summed E-state index contributed by atoms with van der Waals surface area (Å²) in [6.45, 7) is 13.6. The molecule has 11 heteroatoms. The first-order valence-corrected chi connectivity index (χ1v) is 13.3. The van der Waals surface area contributed by atoms with Crippen molar-refractivity contribution in [1.82, 2.24) is 14.6 Å². The lowest BCUT2D eigenvalue weighted by atomic mass is 9.97. The van der Waals surface area contributed by atoms with Gasteiger partial charge in [-0.1, -0.05) is 12.1 Å². The van der Waals surface area contributed by atoms with Gasteiger partial charge < -0.3 is 28.9 Å². The Morgan fingerprint density at radius 1 is 1.12 bits per heavy atom. The molecule has 216 valence electrons. The quantitative estimate of drug-likeness (QED) is 0.472. The van der Waals surface area contributed by atoms with E-state index in [-0.39, 0.29) is 23.9 Å². The Bertz CT molecular complexity index is 1480. The van der Waals surface area contributed by atoms with Gasteiger partial charge in [-0.25, -0.2) is 14.5 Å². The number of fused-ring (bicyclic) bond motifs is 1. The molecule has 1 atom stereocenters. The van der Waals surface area contributed by atoms with E-state index in [1.54, 1.807) is 49.9 Å². The Labute approximate surface area is 233 Å². The summed E-state index contributed by atoms with van der Waals surface area (Å²) in [6.07, 6.45) is -0.503. The third kappa shape index (κ3) is 5.84. The standard InChI is InChI=1S/C29H38N4O7/c1-17-16-31(13-14-32(17)27(36)40-28(3,4)5)33-18(2)21(15-22(34)38-8)23-24(26(33)35)39-25(30-23)19-9-11-20(12-10-19)29(6,7)37/h9-12,17,37H,13-16H2,1-8H3/t17-/m1/s1. The smallest absolute Gasteiger partial charge is 0.410 e. The van der Waals surface area contributed by atoms with Crippen molar-refractivity contribution >= 4 is 23.2 Å². The monoisotopic (exact) mass is 554 g/mol. The highest BCUT2D eigenvalue weighted by Gasteiger charge is 2.33. The lowest BCUT2D eigenvalue weighted by molar-refractivity contribution is -0.139. The molecular formula is C29H38N4O7. The van der Waals surface area contributed by atoms with Crippen LogP contribution in [0.2, 0.25) is 0 Å². The molecule has 0 saturated carbocycles. The molecule has 1 aliphatic heterocycles. The Morgan fingerprint density at radius 2 is 1.77 bits per heavy atom. The SMILES string of the molecule is COC(=O)Cc1c(C)n(N2CCN(C(=O)OC(C)(C)C)[C@H](C)C2)c(=O)c2oc(-c3ccc(C(C)(C)O)cc3)nc12. The molecule has 1 amide bonds. The molecule has 1 aliphatic rings. The summed E-state index contributed by atoms with van der Waals surface area (Å²) in [5, 5.41) is 12.1. The number of amides is 1. The average molecular weight is 555 g/mol. The van der Waals surface area contributed by atoms with Gasteiger partial charge in [-0.15, -0.1) is 0 Å². The highest BCUT2D eigenvalue weighted by molar-refractivity contribution is 5.85. The van der Waals surface area contributed by atoms with Crippen molar-refractivity contribution in [1.29, 1.82) is 0 Å². The van der Waals surface area contributed by atoms with Gasteiger partial charge in [0, 0.05) is 23.4 Å². The maximum atomic E-state index is 13.8. The number of hydrogen-bond donors (Lipinski definition) is 1. The van der Waals surface area contributed by atoms with Crippen LogP contribution in [-0.4, -0.2) is 70.1 Å². The van der Waals surface area contributed by atoms with E-state index in [0.29, 0.717) is 42.0 Å². The second-order valence-corrected chi connectivity index (χ2v) is 11.7. The topological polar surface area (TPSA) is 127 Å². The maximum absolute atomic E-state index is 13.8. The molecule has 11 nitrogen and oxygen atoms in total. The van der Waals surface area contributed by atoms with Gasteiger partial charge in [0.1, 0.15) is 11.1 Å². The number of piperazine rings is 1. The fraction of sp³-hybridized carbons (Fsp3) is 0.517. The van der Waals surface area contributed by atoms with Gasteiger partial charge in [0.25, 0.3) is 0 Å². The number of nitrogens with zero attached hydrogens (tertiary/aromatic N) is 4. The highest BCUT2D eigenvalue weighted by Crippen LogP contribution is 2.29. The molecule has 4 rings (SSSR count). The second-order valence-electron chi connectivity index (χ2n) is 11.7. The molecule has 0 aliphatic carbocycles. The number of carbonyl (C=O) groups is 2. The summed E-state index contributed by atoms with van der Waals surface area (Å²) in [6, 6.07) is 6.83. The Morgan fingerprint density at radius 3 is 2.33 bits per heavy atom. The minimum absolute atomic E-state index is 0.0216. The predicted octanol–water partition coefficient (Wildman–Crippen LogP) is 3.49. The summed E-state index contributed by atoms with van der Waals surface area (Å²) in [7, 11) is 1.31. The predicted molar refractivity (Wildman–Crippen MR) is 150 cm³/mol. The molecule has 0 radical (unpaired) electrons. The number of hydrogen-bond acceptors (Lipinski definition) is 9. The molecule has 40 heavy (non-hydrogen) atoms. The summed E-state index contributed by atoms with van der Waals surface area (Å²) >= 11 is 0. The van der Waals surface area contributed by atoms with Crippen molar-refractivity contribution in [3.8, 4) is 11.5 Å². The van der Waals surface area contributed by atoms with Crippen molar-refractivity contribution < 1.29 is 28.6 Å². The molecule has 1 saturated heterocycles. The van der Waals surface area contributed by atoms with Gasteiger partial charge in [0.05, 0.1) is 38.3 Å². The van der Waals surface area contributed by atoms with E-state index < -0.39 is 28.8 Å². The number of benzene rings is 1. The lowest BCUT2D eigenvalue weighted by Crippen LogP contribution is -2.60. The Hall–Kier alpha value is -3.86. The molecular weight excluding hydrogens is 516 g/mol. The lowest BCUT2D eigenvalue weighted by Gasteiger charge is -2.42. The van der Waals surface area contributed by atoms with E-state index in [2.05, 4.69) is 4.98 Å². The van der Waals surface area contributed by atoms with Crippen molar-refractivity contribution in [2.45, 2.75) is 72.1 Å². The van der Waals surface area contributed by atoms with Crippen LogP contribution in [0.4, 0.5) is 4.79 Å². The van der Waals surface area contributed by atoms with Crippen LogP contribution in [0.25, 0.3) is 22.6 Å². The van der Waals surface area contributed by atoms with Gasteiger partial charge in [-0.2, -0.15) is 0 Å².